The summed E-state index contributed by atoms with van der Waals surface area (Å²) in [4.78, 5) is 8.41. The van der Waals surface area contributed by atoms with E-state index in [4.69, 9.17) is 26.8 Å². The van der Waals surface area contributed by atoms with Gasteiger partial charge in [0, 0.05) is 16.8 Å². The lowest BCUT2D eigenvalue weighted by Gasteiger charge is -2.15. The van der Waals surface area contributed by atoms with E-state index in [2.05, 4.69) is 20.6 Å². The number of halogens is 1. The molecule has 1 aromatic heterocycles. The van der Waals surface area contributed by atoms with Crippen LogP contribution in [-0.2, 0) is 0 Å². The summed E-state index contributed by atoms with van der Waals surface area (Å²) in [6.07, 6.45) is 1.41. The van der Waals surface area contributed by atoms with Crippen molar-refractivity contribution in [1.29, 1.82) is 0 Å². The molecule has 134 valence electrons. The molecular weight excluding hydrogens is 354 g/mol. The van der Waals surface area contributed by atoms with Gasteiger partial charge in [-0.1, -0.05) is 17.7 Å². The van der Waals surface area contributed by atoms with Gasteiger partial charge in [0.2, 0.25) is 0 Å². The van der Waals surface area contributed by atoms with Gasteiger partial charge in [-0.05, 0) is 30.3 Å². The van der Waals surface area contributed by atoms with Crippen LogP contribution in [-0.4, -0.2) is 24.2 Å². The molecule has 0 saturated carbocycles. The molecule has 4 N–H and O–H groups in total. The highest BCUT2D eigenvalue weighted by Gasteiger charge is 2.12. The molecule has 7 nitrogen and oxygen atoms in total. The van der Waals surface area contributed by atoms with Crippen LogP contribution >= 0.6 is 11.6 Å². The number of rotatable bonds is 6. The van der Waals surface area contributed by atoms with Crippen LogP contribution in [0.3, 0.4) is 0 Å². The third kappa shape index (κ3) is 3.89. The molecule has 0 aliphatic rings. The van der Waals surface area contributed by atoms with Crippen molar-refractivity contribution in [2.24, 2.45) is 0 Å². The van der Waals surface area contributed by atoms with Crippen molar-refractivity contribution in [3.8, 4) is 11.5 Å². The number of anilines is 5. The SMILES string of the molecule is COc1ccc(OC)c(Nc2ncnc(Nc3cccc(Cl)c3)c2N)c1. The standard InChI is InChI=1S/C18H18ClN5O2/c1-25-13-6-7-15(26-2)14(9-13)24-18-16(20)17(21-10-22-18)23-12-5-3-4-11(19)8-12/h3-10H,20H2,1-2H3,(H2,21,22,23,24). The monoisotopic (exact) mass is 371 g/mol. The van der Waals surface area contributed by atoms with Gasteiger partial charge in [0.25, 0.3) is 0 Å². The minimum Gasteiger partial charge on any atom is -0.497 e. The molecule has 3 aromatic rings. The molecule has 0 saturated heterocycles. The zero-order valence-electron chi connectivity index (χ0n) is 14.3. The quantitative estimate of drug-likeness (QED) is 0.597. The number of nitrogen functional groups attached to an aromatic ring is 1. The van der Waals surface area contributed by atoms with Gasteiger partial charge >= 0.3 is 0 Å². The largest absolute Gasteiger partial charge is 0.497 e. The van der Waals surface area contributed by atoms with Crippen LogP contribution in [0.4, 0.5) is 28.7 Å². The molecule has 0 fully saturated rings. The van der Waals surface area contributed by atoms with Crippen LogP contribution in [0.2, 0.25) is 5.02 Å². The molecule has 0 spiro atoms. The summed E-state index contributed by atoms with van der Waals surface area (Å²) in [7, 11) is 3.18. The highest BCUT2D eigenvalue weighted by Crippen LogP contribution is 2.34. The number of ether oxygens (including phenoxy) is 2. The van der Waals surface area contributed by atoms with Gasteiger partial charge in [-0.3, -0.25) is 0 Å². The highest BCUT2D eigenvalue weighted by atomic mass is 35.5. The summed E-state index contributed by atoms with van der Waals surface area (Å²) in [5.74, 6) is 2.22. The normalized spacial score (nSPS) is 10.3. The van der Waals surface area contributed by atoms with Crippen molar-refractivity contribution < 1.29 is 9.47 Å². The summed E-state index contributed by atoms with van der Waals surface area (Å²) >= 11 is 6.01. The molecule has 0 amide bonds. The molecule has 0 radical (unpaired) electrons. The first-order valence-electron chi connectivity index (χ1n) is 7.73. The fraction of sp³-hybridized carbons (Fsp3) is 0.111. The average molecular weight is 372 g/mol. The maximum Gasteiger partial charge on any atom is 0.159 e. The first kappa shape index (κ1) is 17.6. The van der Waals surface area contributed by atoms with E-state index in [1.807, 2.05) is 12.1 Å². The Labute approximate surface area is 156 Å². The Hall–Kier alpha value is -3.19. The van der Waals surface area contributed by atoms with E-state index in [-0.39, 0.29) is 0 Å². The predicted octanol–water partition coefficient (Wildman–Crippen LogP) is 4.22. The smallest absolute Gasteiger partial charge is 0.159 e. The second-order valence-corrected chi connectivity index (χ2v) is 5.75. The summed E-state index contributed by atoms with van der Waals surface area (Å²) in [6, 6.07) is 12.7. The zero-order valence-corrected chi connectivity index (χ0v) is 15.0. The van der Waals surface area contributed by atoms with Gasteiger partial charge in [-0.15, -0.1) is 0 Å². The number of aromatic nitrogens is 2. The topological polar surface area (TPSA) is 94.3 Å². The van der Waals surface area contributed by atoms with E-state index >= 15 is 0 Å². The summed E-state index contributed by atoms with van der Waals surface area (Å²) in [6.45, 7) is 0. The van der Waals surface area contributed by atoms with E-state index in [0.717, 1.165) is 5.69 Å². The highest BCUT2D eigenvalue weighted by molar-refractivity contribution is 6.30. The third-order valence-corrected chi connectivity index (χ3v) is 3.87. The number of nitrogens with two attached hydrogens (primary N) is 1. The van der Waals surface area contributed by atoms with Crippen molar-refractivity contribution >= 4 is 40.3 Å². The minimum absolute atomic E-state index is 0.359. The van der Waals surface area contributed by atoms with Crippen LogP contribution in [0.5, 0.6) is 11.5 Å². The van der Waals surface area contributed by atoms with Gasteiger partial charge in [-0.2, -0.15) is 0 Å². The van der Waals surface area contributed by atoms with Gasteiger partial charge in [0.15, 0.2) is 11.6 Å². The number of hydrogen-bond acceptors (Lipinski definition) is 7. The average Bonchev–Trinajstić information content (AvgIpc) is 2.65. The van der Waals surface area contributed by atoms with Gasteiger partial charge in [-0.25, -0.2) is 9.97 Å². The van der Waals surface area contributed by atoms with Gasteiger partial charge in [0.05, 0.1) is 19.9 Å². The van der Waals surface area contributed by atoms with Crippen molar-refractivity contribution in [3.63, 3.8) is 0 Å². The Kier molecular flexibility index (Phi) is 5.28. The summed E-state index contributed by atoms with van der Waals surface area (Å²) < 4.78 is 10.6. The number of hydrogen-bond donors (Lipinski definition) is 3. The minimum atomic E-state index is 0.359. The van der Waals surface area contributed by atoms with E-state index in [1.54, 1.807) is 44.6 Å². The van der Waals surface area contributed by atoms with Crippen molar-refractivity contribution in [3.05, 3.63) is 53.8 Å². The van der Waals surface area contributed by atoms with Gasteiger partial charge < -0.3 is 25.8 Å². The molecule has 0 unspecified atom stereocenters. The molecule has 0 atom stereocenters. The van der Waals surface area contributed by atoms with Crippen LogP contribution in [0.1, 0.15) is 0 Å². The fourth-order valence-electron chi connectivity index (χ4n) is 2.34. The number of methoxy groups -OCH3 is 2. The third-order valence-electron chi connectivity index (χ3n) is 3.63. The van der Waals surface area contributed by atoms with Gasteiger partial charge in [0.1, 0.15) is 23.5 Å². The second-order valence-electron chi connectivity index (χ2n) is 5.31. The lowest BCUT2D eigenvalue weighted by molar-refractivity contribution is 0.405. The Morgan fingerprint density at radius 1 is 0.962 bits per heavy atom. The van der Waals surface area contributed by atoms with E-state index in [0.29, 0.717) is 39.5 Å². The summed E-state index contributed by atoms with van der Waals surface area (Å²) in [5.41, 5.74) is 8.03. The maximum atomic E-state index is 6.22. The molecule has 1 heterocycles. The molecule has 8 heteroatoms. The molecular formula is C18H18ClN5O2. The number of nitrogens with one attached hydrogen (secondary N) is 2. The predicted molar refractivity (Wildman–Crippen MR) is 104 cm³/mol. The fourth-order valence-corrected chi connectivity index (χ4v) is 2.53. The second kappa shape index (κ2) is 7.79. The summed E-state index contributed by atoms with van der Waals surface area (Å²) in [5, 5.41) is 6.90. The van der Waals surface area contributed by atoms with Crippen molar-refractivity contribution in [2.75, 3.05) is 30.6 Å². The molecule has 2 aromatic carbocycles. The Morgan fingerprint density at radius 2 is 1.73 bits per heavy atom. The Balaban J connectivity index is 1.90. The first-order chi connectivity index (χ1) is 12.6. The maximum absolute atomic E-state index is 6.22. The number of benzene rings is 2. The van der Waals surface area contributed by atoms with Crippen molar-refractivity contribution in [1.82, 2.24) is 9.97 Å². The van der Waals surface area contributed by atoms with E-state index in [1.165, 1.54) is 6.33 Å². The van der Waals surface area contributed by atoms with E-state index < -0.39 is 0 Å². The van der Waals surface area contributed by atoms with E-state index in [9.17, 15) is 0 Å². The molecule has 0 aliphatic carbocycles. The van der Waals surface area contributed by atoms with Crippen LogP contribution < -0.4 is 25.8 Å². The van der Waals surface area contributed by atoms with Crippen molar-refractivity contribution in [2.45, 2.75) is 0 Å². The van der Waals surface area contributed by atoms with Crippen LogP contribution in [0.25, 0.3) is 0 Å². The lowest BCUT2D eigenvalue weighted by Crippen LogP contribution is -2.06. The molecule has 26 heavy (non-hydrogen) atoms. The molecule has 0 aliphatic heterocycles. The van der Waals surface area contributed by atoms with Crippen LogP contribution in [0, 0.1) is 0 Å². The zero-order chi connectivity index (χ0) is 18.5. The Bertz CT molecular complexity index is 920. The lowest BCUT2D eigenvalue weighted by atomic mass is 10.2. The molecule has 0 bridgehead atoms. The molecule has 3 rings (SSSR count). The van der Waals surface area contributed by atoms with Crippen LogP contribution in [0.15, 0.2) is 48.8 Å². The first-order valence-corrected chi connectivity index (χ1v) is 8.10. The Morgan fingerprint density at radius 3 is 2.42 bits per heavy atom. The number of nitrogens with zero attached hydrogens (tertiary/aromatic N) is 2.